The predicted octanol–water partition coefficient (Wildman–Crippen LogP) is 11.2. The Kier molecular flexibility index (Phi) is 14.0. The standard InChI is InChI=1S/C41H64N4/c1-27(2)33-22-36(29(5)6)40(37(23-33)30(7)8)43-18-15-20-45(26-35-16-13-14-17-42-35)21-19-44-41-38(31(9)10)24-34(28(3)4)25-39(41)32(11)12/h13-14,16-17,22-25,27-32,43-44H,15,18-21,26H2,1-12H3. The molecule has 3 aromatic rings. The van der Waals surface area contributed by atoms with Crippen LogP contribution < -0.4 is 10.6 Å². The number of anilines is 2. The molecular formula is C41H64N4. The van der Waals surface area contributed by atoms with Crippen LogP contribution in [-0.4, -0.2) is 36.1 Å². The molecule has 3 rings (SSSR count). The van der Waals surface area contributed by atoms with E-state index in [1.54, 1.807) is 0 Å². The highest BCUT2D eigenvalue weighted by atomic mass is 15.1. The summed E-state index contributed by atoms with van der Waals surface area (Å²) in [5.74, 6) is 2.97. The van der Waals surface area contributed by atoms with Crippen molar-refractivity contribution in [1.82, 2.24) is 9.88 Å². The molecule has 0 fully saturated rings. The first-order valence-electron chi connectivity index (χ1n) is 17.7. The van der Waals surface area contributed by atoms with Gasteiger partial charge in [-0.3, -0.25) is 9.88 Å². The third-order valence-electron chi connectivity index (χ3n) is 9.06. The van der Waals surface area contributed by atoms with E-state index in [-0.39, 0.29) is 0 Å². The van der Waals surface area contributed by atoms with E-state index in [1.165, 1.54) is 44.8 Å². The molecule has 0 bridgehead atoms. The molecule has 0 saturated carbocycles. The molecule has 4 heteroatoms. The molecule has 0 unspecified atom stereocenters. The minimum Gasteiger partial charge on any atom is -0.385 e. The minimum absolute atomic E-state index is 0.473. The van der Waals surface area contributed by atoms with Crippen LogP contribution in [0.2, 0.25) is 0 Å². The average molecular weight is 613 g/mol. The van der Waals surface area contributed by atoms with Gasteiger partial charge in [-0.05, 0) is 87.4 Å². The minimum atomic E-state index is 0.473. The van der Waals surface area contributed by atoms with Crippen molar-refractivity contribution in [2.45, 2.75) is 132 Å². The zero-order chi connectivity index (χ0) is 33.3. The second-order valence-corrected chi connectivity index (χ2v) is 14.9. The molecule has 0 aliphatic heterocycles. The number of pyridine rings is 1. The van der Waals surface area contributed by atoms with Crippen molar-refractivity contribution in [3.8, 4) is 0 Å². The summed E-state index contributed by atoms with van der Waals surface area (Å²) < 4.78 is 0. The van der Waals surface area contributed by atoms with Crippen LogP contribution in [0.4, 0.5) is 11.4 Å². The summed E-state index contributed by atoms with van der Waals surface area (Å²) in [6.45, 7) is 32.5. The largest absolute Gasteiger partial charge is 0.385 e. The van der Waals surface area contributed by atoms with E-state index in [1.807, 2.05) is 12.3 Å². The molecule has 0 aliphatic rings. The van der Waals surface area contributed by atoms with Gasteiger partial charge in [-0.1, -0.05) is 113 Å². The van der Waals surface area contributed by atoms with Gasteiger partial charge in [0.15, 0.2) is 0 Å². The number of hydrogen-bond acceptors (Lipinski definition) is 4. The van der Waals surface area contributed by atoms with Gasteiger partial charge < -0.3 is 10.6 Å². The second kappa shape index (κ2) is 17.2. The fraction of sp³-hybridized carbons (Fsp3) is 0.585. The van der Waals surface area contributed by atoms with E-state index in [0.29, 0.717) is 35.5 Å². The van der Waals surface area contributed by atoms with Crippen LogP contribution in [0.1, 0.15) is 164 Å². The van der Waals surface area contributed by atoms with Crippen molar-refractivity contribution in [3.05, 3.63) is 87.7 Å². The lowest BCUT2D eigenvalue weighted by Crippen LogP contribution is -2.31. The number of rotatable bonds is 17. The molecule has 2 N–H and O–H groups in total. The number of nitrogens with one attached hydrogen (secondary N) is 2. The first kappa shape index (κ1) is 36.6. The first-order chi connectivity index (χ1) is 21.3. The van der Waals surface area contributed by atoms with E-state index in [9.17, 15) is 0 Å². The summed E-state index contributed by atoms with van der Waals surface area (Å²) in [6.07, 6.45) is 2.99. The molecular weight excluding hydrogens is 548 g/mol. The Balaban J connectivity index is 1.76. The van der Waals surface area contributed by atoms with Gasteiger partial charge in [0, 0.05) is 50.3 Å². The van der Waals surface area contributed by atoms with Crippen LogP contribution in [0, 0.1) is 0 Å². The lowest BCUT2D eigenvalue weighted by Gasteiger charge is -2.27. The zero-order valence-corrected chi connectivity index (χ0v) is 30.7. The van der Waals surface area contributed by atoms with Crippen molar-refractivity contribution in [1.29, 1.82) is 0 Å². The van der Waals surface area contributed by atoms with Gasteiger partial charge >= 0.3 is 0 Å². The van der Waals surface area contributed by atoms with Gasteiger partial charge in [0.05, 0.1) is 5.69 Å². The Morgan fingerprint density at radius 1 is 0.556 bits per heavy atom. The lowest BCUT2D eigenvalue weighted by molar-refractivity contribution is 0.271. The summed E-state index contributed by atoms with van der Waals surface area (Å²) >= 11 is 0. The maximum absolute atomic E-state index is 4.67. The van der Waals surface area contributed by atoms with Crippen molar-refractivity contribution >= 4 is 11.4 Å². The molecule has 0 aliphatic carbocycles. The maximum atomic E-state index is 4.67. The molecule has 1 aromatic heterocycles. The number of aromatic nitrogens is 1. The Morgan fingerprint density at radius 2 is 1.00 bits per heavy atom. The predicted molar refractivity (Wildman–Crippen MR) is 199 cm³/mol. The SMILES string of the molecule is CC(C)c1cc(C(C)C)c(NCCCN(CCNc2c(C(C)C)cc(C(C)C)cc2C(C)C)Cc2ccccn2)c(C(C)C)c1. The van der Waals surface area contributed by atoms with Crippen LogP contribution in [0.25, 0.3) is 0 Å². The summed E-state index contributed by atoms with van der Waals surface area (Å²) in [5, 5.41) is 7.83. The molecule has 1 heterocycles. The van der Waals surface area contributed by atoms with Crippen LogP contribution in [0.15, 0.2) is 48.7 Å². The van der Waals surface area contributed by atoms with Crippen molar-refractivity contribution in [2.75, 3.05) is 36.8 Å². The number of nitrogens with zero attached hydrogens (tertiary/aromatic N) is 2. The van der Waals surface area contributed by atoms with Crippen molar-refractivity contribution in [2.24, 2.45) is 0 Å². The molecule has 0 spiro atoms. The van der Waals surface area contributed by atoms with Gasteiger partial charge in [-0.25, -0.2) is 0 Å². The fourth-order valence-corrected chi connectivity index (χ4v) is 6.17. The maximum Gasteiger partial charge on any atom is 0.0543 e. The molecule has 0 amide bonds. The van der Waals surface area contributed by atoms with Crippen molar-refractivity contribution < 1.29 is 0 Å². The van der Waals surface area contributed by atoms with Crippen LogP contribution in [-0.2, 0) is 6.54 Å². The summed E-state index contributed by atoms with van der Waals surface area (Å²) in [6, 6.07) is 16.0. The summed E-state index contributed by atoms with van der Waals surface area (Å²) in [7, 11) is 0. The quantitative estimate of drug-likeness (QED) is 0.149. The summed E-state index contributed by atoms with van der Waals surface area (Å²) in [5.41, 5.74) is 12.5. The van der Waals surface area contributed by atoms with Crippen LogP contribution in [0.5, 0.6) is 0 Å². The molecule has 248 valence electrons. The third-order valence-corrected chi connectivity index (χ3v) is 9.06. The Hall–Kier alpha value is -2.85. The lowest BCUT2D eigenvalue weighted by atomic mass is 9.87. The van der Waals surface area contributed by atoms with E-state index >= 15 is 0 Å². The van der Waals surface area contributed by atoms with Gasteiger partial charge in [0.25, 0.3) is 0 Å². The van der Waals surface area contributed by atoms with E-state index in [0.717, 1.165) is 44.8 Å². The molecule has 45 heavy (non-hydrogen) atoms. The van der Waals surface area contributed by atoms with Crippen LogP contribution in [0.3, 0.4) is 0 Å². The normalized spacial score (nSPS) is 12.2. The van der Waals surface area contributed by atoms with Gasteiger partial charge in [-0.15, -0.1) is 0 Å². The molecule has 0 saturated heterocycles. The molecule has 0 atom stereocenters. The molecule has 4 nitrogen and oxygen atoms in total. The molecule has 0 radical (unpaired) electrons. The van der Waals surface area contributed by atoms with Gasteiger partial charge in [0.1, 0.15) is 0 Å². The third kappa shape index (κ3) is 10.3. The smallest absolute Gasteiger partial charge is 0.0543 e. The van der Waals surface area contributed by atoms with Gasteiger partial charge in [0.2, 0.25) is 0 Å². The van der Waals surface area contributed by atoms with Crippen molar-refractivity contribution in [3.63, 3.8) is 0 Å². The first-order valence-corrected chi connectivity index (χ1v) is 17.7. The Labute approximate surface area is 276 Å². The highest BCUT2D eigenvalue weighted by Crippen LogP contribution is 2.37. The number of hydrogen-bond donors (Lipinski definition) is 2. The van der Waals surface area contributed by atoms with Gasteiger partial charge in [-0.2, -0.15) is 0 Å². The van der Waals surface area contributed by atoms with E-state index in [4.69, 9.17) is 0 Å². The zero-order valence-electron chi connectivity index (χ0n) is 30.7. The fourth-order valence-electron chi connectivity index (χ4n) is 6.17. The Morgan fingerprint density at radius 3 is 1.38 bits per heavy atom. The molecule has 2 aromatic carbocycles. The topological polar surface area (TPSA) is 40.2 Å². The van der Waals surface area contributed by atoms with E-state index < -0.39 is 0 Å². The van der Waals surface area contributed by atoms with Crippen LogP contribution >= 0.6 is 0 Å². The second-order valence-electron chi connectivity index (χ2n) is 14.9. The Bertz CT molecular complexity index is 1260. The highest BCUT2D eigenvalue weighted by Gasteiger charge is 2.19. The summed E-state index contributed by atoms with van der Waals surface area (Å²) in [4.78, 5) is 7.24. The number of benzene rings is 2. The van der Waals surface area contributed by atoms with E-state index in [2.05, 4.69) is 140 Å². The highest BCUT2D eigenvalue weighted by molar-refractivity contribution is 5.63. The monoisotopic (exact) mass is 613 g/mol. The average Bonchev–Trinajstić information content (AvgIpc) is 2.98.